The molecule has 0 unspecified atom stereocenters. The number of thiazole rings is 1. The zero-order chi connectivity index (χ0) is 11.8. The Hall–Kier alpha value is -0.160. The minimum Gasteiger partial charge on any atom is -0.382 e. The van der Waals surface area contributed by atoms with Gasteiger partial charge in [0.1, 0.15) is 0 Å². The molecule has 0 aliphatic heterocycles. The molecule has 0 saturated carbocycles. The Bertz CT molecular complexity index is 292. The molecule has 0 bridgehead atoms. The van der Waals surface area contributed by atoms with Gasteiger partial charge >= 0.3 is 0 Å². The average Bonchev–Trinajstić information content (AvgIpc) is 2.72. The molecule has 100 valence electrons. The molecular formula is C12H23ClN2OS. The molecule has 1 N–H and O–H groups in total. The van der Waals surface area contributed by atoms with E-state index in [4.69, 9.17) is 4.74 Å². The molecule has 0 aromatic carbocycles. The van der Waals surface area contributed by atoms with Crippen LogP contribution in [-0.2, 0) is 11.3 Å². The smallest absolute Gasteiger partial charge is 0.0954 e. The van der Waals surface area contributed by atoms with E-state index in [1.807, 2.05) is 6.92 Å². The van der Waals surface area contributed by atoms with Crippen LogP contribution in [0.15, 0.2) is 5.38 Å². The Kier molecular flexibility index (Phi) is 9.74. The third kappa shape index (κ3) is 6.99. The Morgan fingerprint density at radius 2 is 2.24 bits per heavy atom. The van der Waals surface area contributed by atoms with Crippen LogP contribution in [0.3, 0.4) is 0 Å². The highest BCUT2D eigenvalue weighted by Crippen LogP contribution is 2.18. The lowest BCUT2D eigenvalue weighted by molar-refractivity contribution is 0.144. The molecule has 1 aromatic rings. The van der Waals surface area contributed by atoms with Gasteiger partial charge in [-0.05, 0) is 19.9 Å². The van der Waals surface area contributed by atoms with E-state index < -0.39 is 0 Å². The van der Waals surface area contributed by atoms with Crippen molar-refractivity contribution in [3.8, 4) is 0 Å². The molecule has 0 aliphatic carbocycles. The minimum atomic E-state index is 0. The maximum absolute atomic E-state index is 5.27. The predicted molar refractivity (Wildman–Crippen MR) is 76.3 cm³/mol. The molecule has 17 heavy (non-hydrogen) atoms. The first kappa shape index (κ1) is 16.8. The lowest BCUT2D eigenvalue weighted by Crippen LogP contribution is -2.16. The monoisotopic (exact) mass is 278 g/mol. The third-order valence-corrected chi connectivity index (χ3v) is 3.41. The van der Waals surface area contributed by atoms with Crippen LogP contribution in [0, 0.1) is 0 Å². The van der Waals surface area contributed by atoms with Crippen molar-refractivity contribution in [1.29, 1.82) is 0 Å². The Morgan fingerprint density at radius 1 is 1.47 bits per heavy atom. The molecule has 1 heterocycles. The summed E-state index contributed by atoms with van der Waals surface area (Å²) in [5.74, 6) is 0.539. The molecule has 1 rings (SSSR count). The van der Waals surface area contributed by atoms with Gasteiger partial charge in [0.05, 0.1) is 10.7 Å². The lowest BCUT2D eigenvalue weighted by Gasteiger charge is -2.03. The largest absolute Gasteiger partial charge is 0.382 e. The molecule has 0 saturated heterocycles. The van der Waals surface area contributed by atoms with Crippen LogP contribution in [0.4, 0.5) is 0 Å². The summed E-state index contributed by atoms with van der Waals surface area (Å²) in [6.07, 6.45) is 1.06. The fourth-order valence-electron chi connectivity index (χ4n) is 1.33. The van der Waals surface area contributed by atoms with Crippen LogP contribution in [-0.4, -0.2) is 24.7 Å². The van der Waals surface area contributed by atoms with Gasteiger partial charge in [0.25, 0.3) is 0 Å². The summed E-state index contributed by atoms with van der Waals surface area (Å²) in [5, 5.41) is 6.75. The van der Waals surface area contributed by atoms with E-state index in [2.05, 4.69) is 29.5 Å². The Labute approximate surface area is 114 Å². The highest BCUT2D eigenvalue weighted by molar-refractivity contribution is 7.09. The van der Waals surface area contributed by atoms with E-state index in [1.54, 1.807) is 11.3 Å². The zero-order valence-electron chi connectivity index (χ0n) is 10.9. The molecule has 5 heteroatoms. The van der Waals surface area contributed by atoms with Crippen molar-refractivity contribution in [1.82, 2.24) is 10.3 Å². The van der Waals surface area contributed by atoms with Gasteiger partial charge in [0, 0.05) is 31.1 Å². The molecule has 0 spiro atoms. The van der Waals surface area contributed by atoms with Gasteiger partial charge in [0.2, 0.25) is 0 Å². The number of hydrogen-bond donors (Lipinski definition) is 1. The van der Waals surface area contributed by atoms with Crippen LogP contribution in [0.2, 0.25) is 0 Å². The van der Waals surface area contributed by atoms with Crippen molar-refractivity contribution in [2.45, 2.75) is 39.7 Å². The Balaban J connectivity index is 0.00000256. The molecule has 1 aromatic heterocycles. The van der Waals surface area contributed by atoms with E-state index >= 15 is 0 Å². The highest BCUT2D eigenvalue weighted by Gasteiger charge is 2.04. The lowest BCUT2D eigenvalue weighted by atomic mass is 10.2. The molecule has 3 nitrogen and oxygen atoms in total. The van der Waals surface area contributed by atoms with Crippen molar-refractivity contribution >= 4 is 23.7 Å². The second kappa shape index (κ2) is 9.83. The van der Waals surface area contributed by atoms with Crippen LogP contribution in [0.25, 0.3) is 0 Å². The second-order valence-corrected chi connectivity index (χ2v) is 4.95. The summed E-state index contributed by atoms with van der Waals surface area (Å²) in [6.45, 7) is 9.90. The second-order valence-electron chi connectivity index (χ2n) is 4.06. The van der Waals surface area contributed by atoms with Crippen LogP contribution >= 0.6 is 23.7 Å². The van der Waals surface area contributed by atoms with Gasteiger partial charge in [0.15, 0.2) is 0 Å². The quantitative estimate of drug-likeness (QED) is 0.742. The molecule has 0 fully saturated rings. The maximum Gasteiger partial charge on any atom is 0.0954 e. The van der Waals surface area contributed by atoms with E-state index in [-0.39, 0.29) is 12.4 Å². The predicted octanol–water partition coefficient (Wildman–Crippen LogP) is 3.20. The average molecular weight is 279 g/mol. The topological polar surface area (TPSA) is 34.1 Å². The van der Waals surface area contributed by atoms with Crippen molar-refractivity contribution in [3.05, 3.63) is 16.1 Å². The minimum absolute atomic E-state index is 0. The van der Waals surface area contributed by atoms with Crippen molar-refractivity contribution in [2.75, 3.05) is 19.8 Å². The van der Waals surface area contributed by atoms with E-state index in [0.717, 1.165) is 38.4 Å². The van der Waals surface area contributed by atoms with Crippen molar-refractivity contribution in [2.24, 2.45) is 0 Å². The van der Waals surface area contributed by atoms with Gasteiger partial charge in [-0.1, -0.05) is 13.8 Å². The third-order valence-electron chi connectivity index (χ3n) is 2.22. The van der Waals surface area contributed by atoms with Crippen molar-refractivity contribution < 1.29 is 4.74 Å². The summed E-state index contributed by atoms with van der Waals surface area (Å²) in [6, 6.07) is 0. The maximum atomic E-state index is 5.27. The summed E-state index contributed by atoms with van der Waals surface area (Å²) >= 11 is 1.75. The molecular weight excluding hydrogens is 256 g/mol. The number of ether oxygens (including phenoxy) is 1. The van der Waals surface area contributed by atoms with Crippen LogP contribution in [0.1, 0.15) is 43.8 Å². The van der Waals surface area contributed by atoms with Gasteiger partial charge in [-0.3, -0.25) is 0 Å². The fourth-order valence-corrected chi connectivity index (χ4v) is 2.16. The summed E-state index contributed by atoms with van der Waals surface area (Å²) in [4.78, 5) is 4.57. The number of aromatic nitrogens is 1. The number of nitrogens with zero attached hydrogens (tertiary/aromatic N) is 1. The van der Waals surface area contributed by atoms with Gasteiger partial charge < -0.3 is 10.1 Å². The molecule has 0 aliphatic rings. The number of rotatable bonds is 8. The fraction of sp³-hybridized carbons (Fsp3) is 0.750. The number of nitrogens with one attached hydrogen (secondary N) is 1. The number of hydrogen-bond acceptors (Lipinski definition) is 4. The first-order chi connectivity index (χ1) is 7.74. The Morgan fingerprint density at radius 3 is 2.82 bits per heavy atom. The van der Waals surface area contributed by atoms with E-state index in [0.29, 0.717) is 5.92 Å². The summed E-state index contributed by atoms with van der Waals surface area (Å²) in [5.41, 5.74) is 1.16. The first-order valence-electron chi connectivity index (χ1n) is 5.96. The standard InChI is InChI=1S/C12H22N2OS.ClH/c1-4-15-7-5-6-13-8-11-9-16-12(14-11)10(2)3;/h9-10,13H,4-8H2,1-3H3;1H. The van der Waals surface area contributed by atoms with Gasteiger partial charge in [-0.2, -0.15) is 0 Å². The normalized spacial score (nSPS) is 10.6. The van der Waals surface area contributed by atoms with Crippen LogP contribution in [0.5, 0.6) is 0 Å². The van der Waals surface area contributed by atoms with E-state index in [1.165, 1.54) is 5.01 Å². The molecule has 0 amide bonds. The first-order valence-corrected chi connectivity index (χ1v) is 6.84. The van der Waals surface area contributed by atoms with E-state index in [9.17, 15) is 0 Å². The number of halogens is 1. The van der Waals surface area contributed by atoms with Crippen LogP contribution < -0.4 is 5.32 Å². The molecule has 0 atom stereocenters. The zero-order valence-corrected chi connectivity index (χ0v) is 12.5. The van der Waals surface area contributed by atoms with Gasteiger partial charge in [-0.25, -0.2) is 4.98 Å². The SMILES string of the molecule is CCOCCCNCc1csc(C(C)C)n1.Cl. The van der Waals surface area contributed by atoms with Crippen molar-refractivity contribution in [3.63, 3.8) is 0 Å². The molecule has 0 radical (unpaired) electrons. The summed E-state index contributed by atoms with van der Waals surface area (Å²) < 4.78 is 5.27. The summed E-state index contributed by atoms with van der Waals surface area (Å²) in [7, 11) is 0. The van der Waals surface area contributed by atoms with Gasteiger partial charge in [-0.15, -0.1) is 23.7 Å². The highest BCUT2D eigenvalue weighted by atomic mass is 35.5.